The molecule has 0 unspecified atom stereocenters. The van der Waals surface area contributed by atoms with Gasteiger partial charge in [-0.25, -0.2) is 0 Å². The van der Waals surface area contributed by atoms with E-state index in [2.05, 4.69) is 93.6 Å². The van der Waals surface area contributed by atoms with Gasteiger partial charge in [0.2, 0.25) is 0 Å². The molecule has 3 heteroatoms. The van der Waals surface area contributed by atoms with Gasteiger partial charge in [-0.1, -0.05) is 93.6 Å². The monoisotopic (exact) mass is 402 g/mol. The molecule has 0 amide bonds. The average Bonchev–Trinajstić information content (AvgIpc) is 2.73. The predicted molar refractivity (Wildman–Crippen MR) is 123 cm³/mol. The zero-order chi connectivity index (χ0) is 20.5. The van der Waals surface area contributed by atoms with Crippen LogP contribution in [-0.2, 0) is 6.42 Å². The van der Waals surface area contributed by atoms with Crippen LogP contribution < -0.4 is 14.8 Å². The molecular weight excluding hydrogens is 372 g/mol. The molecule has 1 aliphatic rings. The van der Waals surface area contributed by atoms with Crippen molar-refractivity contribution in [1.29, 1.82) is 0 Å². The van der Waals surface area contributed by atoms with Crippen molar-refractivity contribution >= 4 is 18.7 Å². The molecule has 0 saturated carbocycles. The maximum absolute atomic E-state index is 10.5. The van der Waals surface area contributed by atoms with Crippen LogP contribution in [0.4, 0.5) is 0 Å². The van der Waals surface area contributed by atoms with E-state index in [9.17, 15) is 5.11 Å². The van der Waals surface area contributed by atoms with Gasteiger partial charge in [-0.05, 0) is 51.9 Å². The predicted octanol–water partition coefficient (Wildman–Crippen LogP) is 5.00. The topological polar surface area (TPSA) is 29.5 Å². The van der Waals surface area contributed by atoms with Gasteiger partial charge in [-0.2, -0.15) is 0 Å². The summed E-state index contributed by atoms with van der Waals surface area (Å²) in [5.41, 5.74) is 2.21. The Bertz CT molecular complexity index is 922. The molecule has 29 heavy (non-hydrogen) atoms. The minimum absolute atomic E-state index is 0.0777. The lowest BCUT2D eigenvalue weighted by Crippen LogP contribution is -2.69. The highest BCUT2D eigenvalue weighted by Gasteiger charge is 2.52. The Hall–Kier alpha value is -2.36. The summed E-state index contributed by atoms with van der Waals surface area (Å²) in [5, 5.41) is 13.0. The number of benzene rings is 3. The molecule has 1 aliphatic carbocycles. The number of hydrogen-bond acceptors (Lipinski definition) is 2. The molecule has 0 fully saturated rings. The van der Waals surface area contributed by atoms with Gasteiger partial charge in [0, 0.05) is 0 Å². The molecule has 4 rings (SSSR count). The van der Waals surface area contributed by atoms with E-state index in [0.29, 0.717) is 0 Å². The van der Waals surface area contributed by atoms with Crippen LogP contribution in [0, 0.1) is 0 Å². The van der Waals surface area contributed by atoms with Crippen molar-refractivity contribution in [3.8, 4) is 5.75 Å². The van der Waals surface area contributed by atoms with Gasteiger partial charge in [0.25, 0.3) is 0 Å². The Kier molecular flexibility index (Phi) is 5.37. The van der Waals surface area contributed by atoms with Crippen molar-refractivity contribution in [2.24, 2.45) is 0 Å². The second kappa shape index (κ2) is 7.81. The smallest absolute Gasteiger partial charge is 0.319 e. The van der Waals surface area contributed by atoms with Crippen molar-refractivity contribution in [3.63, 3.8) is 0 Å². The van der Waals surface area contributed by atoms with E-state index in [-0.39, 0.29) is 11.1 Å². The van der Waals surface area contributed by atoms with Crippen LogP contribution in [0.1, 0.15) is 50.8 Å². The molecule has 0 saturated heterocycles. The van der Waals surface area contributed by atoms with E-state index in [4.69, 9.17) is 4.43 Å². The molecule has 0 heterocycles. The largest absolute Gasteiger partial charge is 0.534 e. The van der Waals surface area contributed by atoms with Crippen molar-refractivity contribution in [3.05, 3.63) is 90.0 Å². The first kappa shape index (κ1) is 19.9. The first-order valence-corrected chi connectivity index (χ1v) is 12.4. The third-order valence-electron chi connectivity index (χ3n) is 6.11. The molecule has 3 aromatic carbocycles. The first-order chi connectivity index (χ1) is 13.9. The highest BCUT2D eigenvalue weighted by molar-refractivity contribution is 7.00. The van der Waals surface area contributed by atoms with E-state index < -0.39 is 8.32 Å². The fourth-order valence-electron chi connectivity index (χ4n) is 4.70. The Morgan fingerprint density at radius 3 is 1.97 bits per heavy atom. The maximum atomic E-state index is 10.5. The normalized spacial score (nSPS) is 16.9. The van der Waals surface area contributed by atoms with Crippen molar-refractivity contribution in [2.45, 2.75) is 51.2 Å². The van der Waals surface area contributed by atoms with Crippen molar-refractivity contribution in [2.75, 3.05) is 0 Å². The second-order valence-corrected chi connectivity index (χ2v) is 13.2. The van der Waals surface area contributed by atoms with Crippen molar-refractivity contribution < 1.29 is 9.53 Å². The van der Waals surface area contributed by atoms with E-state index in [1.165, 1.54) is 15.9 Å². The molecule has 150 valence electrons. The van der Waals surface area contributed by atoms with Gasteiger partial charge in [-0.3, -0.25) is 0 Å². The quantitative estimate of drug-likeness (QED) is 0.623. The Morgan fingerprint density at radius 1 is 0.828 bits per heavy atom. The van der Waals surface area contributed by atoms with Gasteiger partial charge >= 0.3 is 8.32 Å². The molecule has 3 aromatic rings. The van der Waals surface area contributed by atoms with E-state index in [1.807, 2.05) is 6.07 Å². The van der Waals surface area contributed by atoms with Crippen LogP contribution in [-0.4, -0.2) is 13.4 Å². The summed E-state index contributed by atoms with van der Waals surface area (Å²) >= 11 is 0. The summed E-state index contributed by atoms with van der Waals surface area (Å²) in [5.74, 6) is 0.940. The maximum Gasteiger partial charge on any atom is 0.319 e. The zero-order valence-electron chi connectivity index (χ0n) is 17.6. The Balaban J connectivity index is 1.94. The lowest BCUT2D eigenvalue weighted by atomic mass is 9.89. The molecule has 0 bridgehead atoms. The van der Waals surface area contributed by atoms with E-state index >= 15 is 0 Å². The summed E-state index contributed by atoms with van der Waals surface area (Å²) in [4.78, 5) is 0. The standard InChI is InChI=1S/C26H30O2Si/c1-26(2,3)29(20-12-6-4-7-13-20,21-14-8-5-9-15-21)28-25-19-11-16-22-23(25)17-10-18-24(22)27/h4-9,11-16,19,24,27H,10,17-18H2,1-3H3/t24-/m0/s1. The number of rotatable bonds is 4. The lowest BCUT2D eigenvalue weighted by Gasteiger charge is -2.43. The third kappa shape index (κ3) is 3.54. The van der Waals surface area contributed by atoms with Gasteiger partial charge < -0.3 is 9.53 Å². The van der Waals surface area contributed by atoms with Gasteiger partial charge in [-0.15, -0.1) is 0 Å². The van der Waals surface area contributed by atoms with Crippen LogP contribution in [0.15, 0.2) is 78.9 Å². The summed E-state index contributed by atoms with van der Waals surface area (Å²) in [6, 6.07) is 27.6. The van der Waals surface area contributed by atoms with Crippen LogP contribution in [0.25, 0.3) is 0 Å². The summed E-state index contributed by atoms with van der Waals surface area (Å²) in [6.07, 6.45) is 2.40. The Labute approximate surface area is 175 Å². The lowest BCUT2D eigenvalue weighted by molar-refractivity contribution is 0.156. The molecule has 0 aliphatic heterocycles. The van der Waals surface area contributed by atoms with Gasteiger partial charge in [0.1, 0.15) is 5.75 Å². The zero-order valence-corrected chi connectivity index (χ0v) is 18.6. The highest BCUT2D eigenvalue weighted by Crippen LogP contribution is 2.41. The summed E-state index contributed by atoms with van der Waals surface area (Å²) in [7, 11) is -2.65. The minimum atomic E-state index is -2.65. The van der Waals surface area contributed by atoms with Gasteiger partial charge in [0.15, 0.2) is 0 Å². The molecule has 1 atom stereocenters. The molecule has 0 aromatic heterocycles. The van der Waals surface area contributed by atoms with E-state index in [0.717, 1.165) is 30.6 Å². The molecule has 0 radical (unpaired) electrons. The second-order valence-electron chi connectivity index (χ2n) is 9.00. The molecule has 2 nitrogen and oxygen atoms in total. The molecule has 1 N–H and O–H groups in total. The molecule has 0 spiro atoms. The number of fused-ring (bicyclic) bond motifs is 1. The third-order valence-corrected chi connectivity index (χ3v) is 11.0. The first-order valence-electron chi connectivity index (χ1n) is 10.5. The number of aliphatic hydroxyl groups is 1. The van der Waals surface area contributed by atoms with Crippen LogP contribution in [0.5, 0.6) is 5.75 Å². The summed E-state index contributed by atoms with van der Waals surface area (Å²) < 4.78 is 7.21. The van der Waals surface area contributed by atoms with Crippen molar-refractivity contribution in [1.82, 2.24) is 0 Å². The fraction of sp³-hybridized carbons (Fsp3) is 0.308. The number of aliphatic hydroxyl groups excluding tert-OH is 1. The minimum Gasteiger partial charge on any atom is -0.534 e. The van der Waals surface area contributed by atoms with E-state index in [1.54, 1.807) is 0 Å². The average molecular weight is 403 g/mol. The Morgan fingerprint density at radius 2 is 1.41 bits per heavy atom. The SMILES string of the molecule is CC(C)(C)[Si](Oc1cccc2c1CCC[C@@H]2O)(c1ccccc1)c1ccccc1. The van der Waals surface area contributed by atoms with Crippen LogP contribution >= 0.6 is 0 Å². The van der Waals surface area contributed by atoms with Crippen LogP contribution in [0.2, 0.25) is 5.04 Å². The summed E-state index contributed by atoms with van der Waals surface area (Å²) in [6.45, 7) is 6.89. The number of hydrogen-bond donors (Lipinski definition) is 1. The van der Waals surface area contributed by atoms with Gasteiger partial charge in [0.05, 0.1) is 6.10 Å². The highest BCUT2D eigenvalue weighted by atomic mass is 28.4. The molecular formula is C26H30O2Si. The van der Waals surface area contributed by atoms with Crippen LogP contribution in [0.3, 0.4) is 0 Å². The fourth-order valence-corrected chi connectivity index (χ4v) is 9.15.